The van der Waals surface area contributed by atoms with Crippen molar-refractivity contribution in [2.24, 2.45) is 4.99 Å². The first kappa shape index (κ1) is 20.1. The fourth-order valence-corrected chi connectivity index (χ4v) is 3.38. The molecule has 0 aromatic carbocycles. The number of hydrogen-bond acceptors (Lipinski definition) is 5. The van der Waals surface area contributed by atoms with Gasteiger partial charge in [0.1, 0.15) is 18.0 Å². The Labute approximate surface area is 165 Å². The highest BCUT2D eigenvalue weighted by Gasteiger charge is 2.16. The van der Waals surface area contributed by atoms with E-state index >= 15 is 0 Å². The largest absolute Gasteiger partial charge is 0.357 e. The Hall–Kier alpha value is -2.65. The van der Waals surface area contributed by atoms with E-state index in [-0.39, 0.29) is 5.69 Å². The summed E-state index contributed by atoms with van der Waals surface area (Å²) in [5, 5.41) is 19.1. The van der Waals surface area contributed by atoms with Crippen LogP contribution in [0.15, 0.2) is 16.1 Å². The van der Waals surface area contributed by atoms with Crippen LogP contribution in [0.3, 0.4) is 0 Å². The van der Waals surface area contributed by atoms with Gasteiger partial charge in [0, 0.05) is 52.1 Å². The van der Waals surface area contributed by atoms with Gasteiger partial charge in [-0.3, -0.25) is 9.56 Å². The van der Waals surface area contributed by atoms with Crippen LogP contribution in [0.4, 0.5) is 0 Å². The highest BCUT2D eigenvalue weighted by molar-refractivity contribution is 5.79. The molecule has 10 nitrogen and oxygen atoms in total. The lowest BCUT2D eigenvalue weighted by Gasteiger charge is -2.12. The van der Waals surface area contributed by atoms with Gasteiger partial charge in [0.25, 0.3) is 0 Å². The van der Waals surface area contributed by atoms with Crippen LogP contribution in [0.25, 0.3) is 0 Å². The van der Waals surface area contributed by atoms with Crippen LogP contribution in [0.5, 0.6) is 0 Å². The molecule has 3 heterocycles. The molecule has 0 saturated carbocycles. The van der Waals surface area contributed by atoms with E-state index in [9.17, 15) is 4.79 Å². The Bertz CT molecular complexity index is 832. The summed E-state index contributed by atoms with van der Waals surface area (Å²) in [5.41, 5.74) is 0.0179. The maximum atomic E-state index is 12.3. The number of rotatable bonds is 9. The molecule has 1 aliphatic rings. The summed E-state index contributed by atoms with van der Waals surface area (Å²) in [6.45, 7) is 8.47. The zero-order valence-corrected chi connectivity index (χ0v) is 16.9. The second-order valence-electron chi connectivity index (χ2n) is 6.87. The number of aryl methyl sites for hydroxylation is 3. The quantitative estimate of drug-likeness (QED) is 0.360. The topological polar surface area (TPSA) is 107 Å². The van der Waals surface area contributed by atoms with Gasteiger partial charge in [-0.2, -0.15) is 5.10 Å². The third-order valence-corrected chi connectivity index (χ3v) is 4.83. The van der Waals surface area contributed by atoms with Gasteiger partial charge < -0.3 is 15.2 Å². The van der Waals surface area contributed by atoms with E-state index in [4.69, 9.17) is 0 Å². The zero-order chi connectivity index (χ0) is 19.8. The lowest BCUT2D eigenvalue weighted by Crippen LogP contribution is -2.39. The third kappa shape index (κ3) is 4.99. The fourth-order valence-electron chi connectivity index (χ4n) is 3.38. The standard InChI is InChI=1S/C18H31N9O/c1-3-15-23-22-14-25(15)13-10-21-17(19-4-2)20-9-7-12-27-18(28)26-11-6-5-8-16(26)24-27/h14H,3-13H2,1-2H3,(H2,19,20,21). The van der Waals surface area contributed by atoms with Crippen molar-refractivity contribution < 1.29 is 0 Å². The Kier molecular flexibility index (Phi) is 7.21. The molecule has 0 amide bonds. The molecular formula is C18H31N9O. The summed E-state index contributed by atoms with van der Waals surface area (Å²) in [5.74, 6) is 2.69. The Morgan fingerprint density at radius 1 is 1.25 bits per heavy atom. The maximum absolute atomic E-state index is 12.3. The molecule has 0 fully saturated rings. The molecule has 154 valence electrons. The molecule has 2 aromatic rings. The van der Waals surface area contributed by atoms with Crippen molar-refractivity contribution >= 4 is 5.96 Å². The first-order chi connectivity index (χ1) is 13.7. The van der Waals surface area contributed by atoms with E-state index < -0.39 is 0 Å². The van der Waals surface area contributed by atoms with Gasteiger partial charge in [0.15, 0.2) is 5.96 Å². The fraction of sp³-hybridized carbons (Fsp3) is 0.722. The number of fused-ring (bicyclic) bond motifs is 1. The van der Waals surface area contributed by atoms with Crippen LogP contribution >= 0.6 is 0 Å². The lowest BCUT2D eigenvalue weighted by atomic mass is 10.2. The number of nitrogens with one attached hydrogen (secondary N) is 2. The molecule has 1 aliphatic heterocycles. The average molecular weight is 390 g/mol. The van der Waals surface area contributed by atoms with Crippen molar-refractivity contribution in [1.29, 1.82) is 0 Å². The molecule has 3 rings (SSSR count). The van der Waals surface area contributed by atoms with Crippen LogP contribution < -0.4 is 16.3 Å². The van der Waals surface area contributed by atoms with E-state index in [0.29, 0.717) is 13.1 Å². The van der Waals surface area contributed by atoms with Crippen molar-refractivity contribution in [1.82, 2.24) is 39.7 Å². The number of hydrogen-bond donors (Lipinski definition) is 2. The van der Waals surface area contributed by atoms with E-state index in [0.717, 1.165) is 75.9 Å². The molecule has 0 aliphatic carbocycles. The van der Waals surface area contributed by atoms with Gasteiger partial charge in [-0.1, -0.05) is 6.92 Å². The van der Waals surface area contributed by atoms with Crippen LogP contribution in [0.1, 0.15) is 44.8 Å². The SMILES string of the molecule is CCNC(=NCCCn1nc2n(c1=O)CCCC2)NCCn1cnnc1CC. The van der Waals surface area contributed by atoms with Crippen LogP contribution in [-0.4, -0.2) is 54.7 Å². The van der Waals surface area contributed by atoms with E-state index in [2.05, 4.69) is 37.8 Å². The second-order valence-corrected chi connectivity index (χ2v) is 6.87. The molecule has 0 saturated heterocycles. The molecule has 0 unspecified atom stereocenters. The zero-order valence-electron chi connectivity index (χ0n) is 16.9. The van der Waals surface area contributed by atoms with E-state index in [1.165, 1.54) is 0 Å². The average Bonchev–Trinajstić information content (AvgIpc) is 3.29. The second kappa shape index (κ2) is 10.0. The predicted octanol–water partition coefficient (Wildman–Crippen LogP) is 0.180. The molecule has 2 aromatic heterocycles. The summed E-state index contributed by atoms with van der Waals surface area (Å²) in [6, 6.07) is 0. The Morgan fingerprint density at radius 3 is 2.93 bits per heavy atom. The molecule has 10 heteroatoms. The van der Waals surface area contributed by atoms with E-state index in [1.54, 1.807) is 11.0 Å². The van der Waals surface area contributed by atoms with Gasteiger partial charge >= 0.3 is 5.69 Å². The molecule has 0 bridgehead atoms. The number of aliphatic imine (C=N–C) groups is 1. The van der Waals surface area contributed by atoms with Gasteiger partial charge in [-0.05, 0) is 26.2 Å². The molecule has 2 N–H and O–H groups in total. The van der Waals surface area contributed by atoms with Crippen molar-refractivity contribution in [2.45, 2.75) is 65.6 Å². The minimum absolute atomic E-state index is 0.0179. The van der Waals surface area contributed by atoms with Gasteiger partial charge in [-0.25, -0.2) is 9.48 Å². The number of nitrogens with zero attached hydrogens (tertiary/aromatic N) is 7. The van der Waals surface area contributed by atoms with Gasteiger partial charge in [0.2, 0.25) is 0 Å². The smallest absolute Gasteiger partial charge is 0.345 e. The first-order valence-electron chi connectivity index (χ1n) is 10.3. The van der Waals surface area contributed by atoms with Crippen molar-refractivity contribution in [2.75, 3.05) is 19.6 Å². The predicted molar refractivity (Wildman–Crippen MR) is 107 cm³/mol. The Morgan fingerprint density at radius 2 is 2.14 bits per heavy atom. The number of guanidine groups is 1. The van der Waals surface area contributed by atoms with Crippen molar-refractivity contribution in [3.05, 3.63) is 28.5 Å². The van der Waals surface area contributed by atoms with Crippen LogP contribution in [0, 0.1) is 0 Å². The maximum Gasteiger partial charge on any atom is 0.345 e. The van der Waals surface area contributed by atoms with Crippen molar-refractivity contribution in [3.63, 3.8) is 0 Å². The van der Waals surface area contributed by atoms with E-state index in [1.807, 2.05) is 16.1 Å². The summed E-state index contributed by atoms with van der Waals surface area (Å²) in [7, 11) is 0. The number of aromatic nitrogens is 6. The van der Waals surface area contributed by atoms with Crippen molar-refractivity contribution in [3.8, 4) is 0 Å². The van der Waals surface area contributed by atoms with Gasteiger partial charge in [-0.15, -0.1) is 10.2 Å². The Balaban J connectivity index is 1.46. The normalized spacial score (nSPS) is 14.1. The molecular weight excluding hydrogens is 358 g/mol. The summed E-state index contributed by atoms with van der Waals surface area (Å²) < 4.78 is 5.45. The molecule has 0 spiro atoms. The first-order valence-corrected chi connectivity index (χ1v) is 10.3. The summed E-state index contributed by atoms with van der Waals surface area (Å²) in [4.78, 5) is 16.9. The van der Waals surface area contributed by atoms with Crippen LogP contribution in [0.2, 0.25) is 0 Å². The van der Waals surface area contributed by atoms with Gasteiger partial charge in [0.05, 0.1) is 0 Å². The molecule has 0 atom stereocenters. The highest BCUT2D eigenvalue weighted by atomic mass is 16.2. The highest BCUT2D eigenvalue weighted by Crippen LogP contribution is 2.09. The van der Waals surface area contributed by atoms with Crippen LogP contribution in [-0.2, 0) is 32.5 Å². The third-order valence-electron chi connectivity index (χ3n) is 4.83. The molecule has 28 heavy (non-hydrogen) atoms. The summed E-state index contributed by atoms with van der Waals surface area (Å²) >= 11 is 0. The molecule has 0 radical (unpaired) electrons. The lowest BCUT2D eigenvalue weighted by molar-refractivity contribution is 0.509. The summed E-state index contributed by atoms with van der Waals surface area (Å²) in [6.07, 6.45) is 6.49. The minimum atomic E-state index is 0.0179. The minimum Gasteiger partial charge on any atom is -0.357 e. The monoisotopic (exact) mass is 389 g/mol.